The summed E-state index contributed by atoms with van der Waals surface area (Å²) < 4.78 is 61.4. The number of hydrogen-bond acceptors (Lipinski definition) is 3. The first kappa shape index (κ1) is 22.5. The van der Waals surface area contributed by atoms with E-state index in [0.717, 1.165) is 12.8 Å². The van der Waals surface area contributed by atoms with Crippen LogP contribution in [0.2, 0.25) is 0 Å². The second-order valence-electron chi connectivity index (χ2n) is 6.62. The average Bonchev–Trinajstić information content (AvgIpc) is 2.66. The molecule has 1 aliphatic rings. The average molecular weight is 421 g/mol. The molecule has 0 amide bonds. The molecule has 2 rings (SSSR count). The minimum absolute atomic E-state index is 0.119. The summed E-state index contributed by atoms with van der Waals surface area (Å²) in [5.41, 5.74) is -4.00. The van der Waals surface area contributed by atoms with Crippen LogP contribution in [0, 0.1) is 0 Å². The van der Waals surface area contributed by atoms with Crippen LogP contribution in [-0.2, 0) is 16.4 Å². The highest BCUT2D eigenvalue weighted by atomic mass is 32.2. The van der Waals surface area contributed by atoms with Gasteiger partial charge >= 0.3 is 15.5 Å². The van der Waals surface area contributed by atoms with E-state index in [1.165, 1.54) is 5.56 Å². The van der Waals surface area contributed by atoms with Gasteiger partial charge in [0, 0.05) is 32.2 Å². The van der Waals surface area contributed by atoms with E-state index in [2.05, 4.69) is 27.8 Å². The zero-order chi connectivity index (χ0) is 20.6. The molecule has 1 aliphatic heterocycles. The van der Waals surface area contributed by atoms with Gasteiger partial charge in [-0.05, 0) is 38.2 Å². The van der Waals surface area contributed by atoms with Crippen LogP contribution < -0.4 is 10.6 Å². The van der Waals surface area contributed by atoms with Crippen molar-refractivity contribution in [1.29, 1.82) is 0 Å². The van der Waals surface area contributed by atoms with Crippen LogP contribution in [0.1, 0.15) is 31.7 Å². The van der Waals surface area contributed by atoms with Crippen LogP contribution in [0.4, 0.5) is 13.2 Å². The SMILES string of the molecule is CCNC(=NCCCc1ccccc1)NC1CCN(S(=O)(=O)C(F)(F)F)CC1. The van der Waals surface area contributed by atoms with Gasteiger partial charge in [-0.1, -0.05) is 30.3 Å². The molecule has 0 radical (unpaired) electrons. The third kappa shape index (κ3) is 6.37. The number of hydrogen-bond donors (Lipinski definition) is 2. The Morgan fingerprint density at radius 1 is 1.21 bits per heavy atom. The Hall–Kier alpha value is -1.81. The summed E-state index contributed by atoms with van der Waals surface area (Å²) in [6, 6.07) is 9.98. The molecule has 0 saturated carbocycles. The first-order chi connectivity index (χ1) is 13.2. The summed E-state index contributed by atoms with van der Waals surface area (Å²) in [5.74, 6) is 0.604. The Balaban J connectivity index is 1.82. The first-order valence-electron chi connectivity index (χ1n) is 9.39. The lowest BCUT2D eigenvalue weighted by Crippen LogP contribution is -2.51. The van der Waals surface area contributed by atoms with Crippen LogP contribution in [0.5, 0.6) is 0 Å². The molecular weight excluding hydrogens is 393 g/mol. The predicted molar refractivity (Wildman–Crippen MR) is 103 cm³/mol. The second-order valence-corrected chi connectivity index (χ2v) is 8.55. The molecule has 0 bridgehead atoms. The van der Waals surface area contributed by atoms with Crippen molar-refractivity contribution in [2.24, 2.45) is 4.99 Å². The topological polar surface area (TPSA) is 73.8 Å². The maximum absolute atomic E-state index is 12.6. The zero-order valence-corrected chi connectivity index (χ0v) is 16.7. The van der Waals surface area contributed by atoms with Crippen LogP contribution in [0.15, 0.2) is 35.3 Å². The minimum atomic E-state index is -5.25. The molecule has 1 heterocycles. The third-order valence-corrected chi connectivity index (χ3v) is 6.14. The van der Waals surface area contributed by atoms with Gasteiger partial charge < -0.3 is 10.6 Å². The van der Waals surface area contributed by atoms with E-state index in [-0.39, 0.29) is 19.1 Å². The van der Waals surface area contributed by atoms with Crippen molar-refractivity contribution in [2.45, 2.75) is 44.2 Å². The number of aryl methyl sites for hydroxylation is 1. The summed E-state index contributed by atoms with van der Waals surface area (Å²) in [6.07, 6.45) is 2.38. The lowest BCUT2D eigenvalue weighted by molar-refractivity contribution is -0.0494. The molecule has 0 atom stereocenters. The van der Waals surface area contributed by atoms with Gasteiger partial charge in [-0.3, -0.25) is 4.99 Å². The van der Waals surface area contributed by atoms with E-state index in [9.17, 15) is 21.6 Å². The molecule has 1 aromatic rings. The van der Waals surface area contributed by atoms with Crippen molar-refractivity contribution in [2.75, 3.05) is 26.2 Å². The molecule has 6 nitrogen and oxygen atoms in total. The fourth-order valence-electron chi connectivity index (χ4n) is 3.02. The van der Waals surface area contributed by atoms with Gasteiger partial charge in [0.25, 0.3) is 0 Å². The summed E-state index contributed by atoms with van der Waals surface area (Å²) in [6.45, 7) is 2.89. The largest absolute Gasteiger partial charge is 0.511 e. The lowest BCUT2D eigenvalue weighted by atomic mass is 10.1. The monoisotopic (exact) mass is 420 g/mol. The number of rotatable bonds is 7. The van der Waals surface area contributed by atoms with Gasteiger partial charge in [0.2, 0.25) is 0 Å². The molecule has 0 aliphatic carbocycles. The highest BCUT2D eigenvalue weighted by molar-refractivity contribution is 7.90. The van der Waals surface area contributed by atoms with Gasteiger partial charge in [0.05, 0.1) is 0 Å². The van der Waals surface area contributed by atoms with E-state index in [1.807, 2.05) is 25.1 Å². The number of halogens is 3. The molecule has 1 aromatic carbocycles. The molecule has 0 unspecified atom stereocenters. The molecule has 10 heteroatoms. The number of piperidine rings is 1. The molecule has 1 fully saturated rings. The summed E-state index contributed by atoms with van der Waals surface area (Å²) in [5, 5.41) is 6.32. The van der Waals surface area contributed by atoms with Gasteiger partial charge in [-0.25, -0.2) is 8.42 Å². The van der Waals surface area contributed by atoms with Crippen LogP contribution in [0.25, 0.3) is 0 Å². The van der Waals surface area contributed by atoms with E-state index >= 15 is 0 Å². The Labute approximate surface area is 164 Å². The van der Waals surface area contributed by atoms with E-state index in [4.69, 9.17) is 0 Å². The van der Waals surface area contributed by atoms with E-state index < -0.39 is 15.5 Å². The normalized spacial score (nSPS) is 17.5. The Morgan fingerprint density at radius 2 is 1.86 bits per heavy atom. The van der Waals surface area contributed by atoms with Crippen LogP contribution in [-0.4, -0.2) is 56.4 Å². The quantitative estimate of drug-likeness (QED) is 0.404. The number of benzene rings is 1. The standard InChI is InChI=1S/C18H27F3N4O2S/c1-2-22-17(23-12-6-9-15-7-4-3-5-8-15)24-16-10-13-25(14-11-16)28(26,27)18(19,20)21/h3-5,7-8,16H,2,6,9-14H2,1H3,(H2,22,23,24). The third-order valence-electron chi connectivity index (χ3n) is 4.51. The number of aliphatic imine (C=N–C) groups is 1. The van der Waals surface area contributed by atoms with Crippen molar-refractivity contribution >= 4 is 16.0 Å². The van der Waals surface area contributed by atoms with Crippen molar-refractivity contribution in [3.63, 3.8) is 0 Å². The van der Waals surface area contributed by atoms with Crippen molar-refractivity contribution in [3.05, 3.63) is 35.9 Å². The summed E-state index contributed by atoms with van der Waals surface area (Å²) in [7, 11) is -5.25. The zero-order valence-electron chi connectivity index (χ0n) is 15.9. The van der Waals surface area contributed by atoms with Crippen LogP contribution >= 0.6 is 0 Å². The lowest BCUT2D eigenvalue weighted by Gasteiger charge is -2.32. The van der Waals surface area contributed by atoms with Gasteiger partial charge in [-0.2, -0.15) is 17.5 Å². The van der Waals surface area contributed by atoms with Gasteiger partial charge in [-0.15, -0.1) is 0 Å². The fourth-order valence-corrected chi connectivity index (χ4v) is 4.00. The second kappa shape index (κ2) is 10.1. The number of nitrogens with one attached hydrogen (secondary N) is 2. The van der Waals surface area contributed by atoms with Crippen LogP contribution in [0.3, 0.4) is 0 Å². The molecule has 28 heavy (non-hydrogen) atoms. The van der Waals surface area contributed by atoms with Crippen molar-refractivity contribution < 1.29 is 21.6 Å². The molecule has 0 aromatic heterocycles. The number of nitrogens with zero attached hydrogens (tertiary/aromatic N) is 2. The minimum Gasteiger partial charge on any atom is -0.357 e. The summed E-state index contributed by atoms with van der Waals surface area (Å²) in [4.78, 5) is 4.51. The Morgan fingerprint density at radius 3 is 2.43 bits per heavy atom. The predicted octanol–water partition coefficient (Wildman–Crippen LogP) is 2.49. The molecule has 158 valence electrons. The summed E-state index contributed by atoms with van der Waals surface area (Å²) >= 11 is 0. The highest BCUT2D eigenvalue weighted by Gasteiger charge is 2.50. The number of alkyl halides is 3. The van der Waals surface area contributed by atoms with Crippen molar-refractivity contribution in [1.82, 2.24) is 14.9 Å². The Kier molecular flexibility index (Phi) is 8.11. The van der Waals surface area contributed by atoms with E-state index in [1.54, 1.807) is 0 Å². The molecular formula is C18H27F3N4O2S. The maximum Gasteiger partial charge on any atom is 0.511 e. The smallest absolute Gasteiger partial charge is 0.357 e. The van der Waals surface area contributed by atoms with Crippen molar-refractivity contribution in [3.8, 4) is 0 Å². The molecule has 0 spiro atoms. The molecule has 2 N–H and O–H groups in total. The van der Waals surface area contributed by atoms with E-state index in [0.29, 0.717) is 36.2 Å². The molecule has 1 saturated heterocycles. The van der Waals surface area contributed by atoms with Gasteiger partial charge in [0.1, 0.15) is 0 Å². The Bertz CT molecular complexity index is 731. The maximum atomic E-state index is 12.6. The fraction of sp³-hybridized carbons (Fsp3) is 0.611. The number of sulfonamides is 1. The highest BCUT2D eigenvalue weighted by Crippen LogP contribution is 2.28. The van der Waals surface area contributed by atoms with Gasteiger partial charge in [0.15, 0.2) is 5.96 Å². The first-order valence-corrected chi connectivity index (χ1v) is 10.8. The number of guanidine groups is 1.